The summed E-state index contributed by atoms with van der Waals surface area (Å²) >= 11 is 0. The second-order valence-corrected chi connectivity index (χ2v) is 9.41. The van der Waals surface area contributed by atoms with Crippen molar-refractivity contribution in [1.82, 2.24) is 14.1 Å². The highest BCUT2D eigenvalue weighted by atomic mass is 19.1. The lowest BCUT2D eigenvalue weighted by molar-refractivity contribution is 0.0990. The summed E-state index contributed by atoms with van der Waals surface area (Å²) < 4.78 is 17.4. The molecule has 38 heavy (non-hydrogen) atoms. The minimum Gasteiger partial charge on any atom is -0.327 e. The first kappa shape index (κ1) is 22.1. The Labute approximate surface area is 217 Å². The topological polar surface area (TPSA) is 56.9 Å². The first-order chi connectivity index (χ1) is 18.5. The zero-order valence-electron chi connectivity index (χ0n) is 20.4. The monoisotopic (exact) mass is 497 g/mol. The van der Waals surface area contributed by atoms with Gasteiger partial charge in [-0.15, -0.1) is 0 Å². The van der Waals surface area contributed by atoms with Crippen LogP contribution >= 0.6 is 0 Å². The lowest BCUT2D eigenvalue weighted by Gasteiger charge is -2.07. The quantitative estimate of drug-likeness (QED) is 0.200. The largest absolute Gasteiger partial charge is 0.327 e. The summed E-state index contributed by atoms with van der Waals surface area (Å²) in [7, 11) is 1.90. The van der Waals surface area contributed by atoms with Crippen molar-refractivity contribution in [3.63, 3.8) is 0 Å². The van der Waals surface area contributed by atoms with E-state index in [-0.39, 0.29) is 23.0 Å². The molecule has 2 aromatic heterocycles. The Morgan fingerprint density at radius 1 is 0.763 bits per heavy atom. The normalized spacial score (nSPS) is 13.1. The smallest absolute Gasteiger partial charge is 0.197 e. The van der Waals surface area contributed by atoms with Crippen molar-refractivity contribution in [3.05, 3.63) is 125 Å². The number of hydrogen-bond donors (Lipinski definition) is 0. The highest BCUT2D eigenvalue weighted by Crippen LogP contribution is 2.34. The zero-order chi connectivity index (χ0) is 26.0. The fourth-order valence-corrected chi connectivity index (χ4v) is 5.27. The molecule has 0 bridgehead atoms. The number of hydrogen-bond acceptors (Lipinski definition) is 3. The van der Waals surface area contributed by atoms with E-state index >= 15 is 0 Å². The maximum Gasteiger partial charge on any atom is 0.197 e. The molecule has 6 aromatic rings. The number of aryl methyl sites for hydroxylation is 1. The van der Waals surface area contributed by atoms with Crippen molar-refractivity contribution in [2.24, 2.45) is 7.05 Å². The number of fused-ring (bicyclic) bond motifs is 3. The van der Waals surface area contributed by atoms with E-state index in [1.54, 1.807) is 30.3 Å². The van der Waals surface area contributed by atoms with Crippen LogP contribution in [0.1, 0.15) is 26.5 Å². The van der Waals surface area contributed by atoms with Gasteiger partial charge >= 0.3 is 0 Å². The molecule has 0 spiro atoms. The number of benzene rings is 4. The Hall–Kier alpha value is -5.10. The van der Waals surface area contributed by atoms with Crippen LogP contribution in [0.2, 0.25) is 0 Å². The van der Waals surface area contributed by atoms with Crippen LogP contribution in [0.15, 0.2) is 103 Å². The van der Waals surface area contributed by atoms with Gasteiger partial charge in [-0.1, -0.05) is 42.5 Å². The average Bonchev–Trinajstić information content (AvgIpc) is 3.53. The van der Waals surface area contributed by atoms with Crippen LogP contribution in [-0.2, 0) is 7.05 Å². The van der Waals surface area contributed by atoms with Gasteiger partial charge in [-0.05, 0) is 77.0 Å². The van der Waals surface area contributed by atoms with Crippen LogP contribution < -0.4 is 0 Å². The van der Waals surface area contributed by atoms with Crippen LogP contribution in [0.5, 0.6) is 0 Å². The first-order valence-corrected chi connectivity index (χ1v) is 12.2. The molecule has 0 atom stereocenters. The van der Waals surface area contributed by atoms with Crippen LogP contribution in [0.25, 0.3) is 45.0 Å². The summed E-state index contributed by atoms with van der Waals surface area (Å²) in [6.07, 6.45) is 1.60. The predicted octanol–water partition coefficient (Wildman–Crippen LogP) is 6.79. The predicted molar refractivity (Wildman–Crippen MR) is 146 cm³/mol. The molecule has 5 nitrogen and oxygen atoms in total. The van der Waals surface area contributed by atoms with Crippen molar-refractivity contribution in [1.29, 1.82) is 0 Å². The van der Waals surface area contributed by atoms with Crippen molar-refractivity contribution in [2.75, 3.05) is 0 Å². The molecule has 0 fully saturated rings. The average molecular weight is 498 g/mol. The van der Waals surface area contributed by atoms with E-state index < -0.39 is 0 Å². The summed E-state index contributed by atoms with van der Waals surface area (Å²) in [5.41, 5.74) is 5.00. The van der Waals surface area contributed by atoms with E-state index in [1.165, 1.54) is 12.1 Å². The van der Waals surface area contributed by atoms with Gasteiger partial charge in [0.1, 0.15) is 11.6 Å². The number of para-hydroxylation sites is 1. The molecular weight excluding hydrogens is 477 g/mol. The van der Waals surface area contributed by atoms with E-state index in [2.05, 4.69) is 0 Å². The maximum absolute atomic E-state index is 13.5. The fraction of sp³-hybridized carbons (Fsp3) is 0.0312. The number of aromatic nitrogens is 3. The SMILES string of the molecule is Cn1c(-c2ccc(F)cc2)cc2c1nc(C=C1C(=O)c3cc4ccccc4cc3C1=O)n2-c1ccccc1. The van der Waals surface area contributed by atoms with Crippen LogP contribution in [0.4, 0.5) is 4.39 Å². The second kappa shape index (κ2) is 8.21. The number of carbonyl (C=O) groups excluding carboxylic acids is 2. The molecule has 0 amide bonds. The molecule has 4 aromatic carbocycles. The summed E-state index contributed by atoms with van der Waals surface area (Å²) in [5.74, 6) is -0.409. The number of imidazole rings is 1. The molecule has 7 rings (SSSR count). The Bertz CT molecular complexity index is 1910. The van der Waals surface area contributed by atoms with Crippen LogP contribution in [0.3, 0.4) is 0 Å². The Balaban J connectivity index is 1.42. The number of nitrogens with zero attached hydrogens (tertiary/aromatic N) is 3. The third-order valence-corrected chi connectivity index (χ3v) is 7.16. The van der Waals surface area contributed by atoms with E-state index in [0.29, 0.717) is 22.6 Å². The summed E-state index contributed by atoms with van der Waals surface area (Å²) in [5, 5.41) is 1.83. The summed E-state index contributed by atoms with van der Waals surface area (Å²) in [6, 6.07) is 29.3. The number of carbonyl (C=O) groups is 2. The van der Waals surface area contributed by atoms with Crippen LogP contribution in [-0.4, -0.2) is 25.7 Å². The molecule has 182 valence electrons. The Kier molecular flexibility index (Phi) is 4.78. The van der Waals surface area contributed by atoms with Gasteiger partial charge in [0.05, 0.1) is 16.8 Å². The molecule has 0 radical (unpaired) electrons. The molecule has 0 saturated heterocycles. The molecule has 0 N–H and O–H groups in total. The molecule has 1 aliphatic rings. The number of halogens is 1. The van der Waals surface area contributed by atoms with Crippen LogP contribution in [0, 0.1) is 5.82 Å². The highest BCUT2D eigenvalue weighted by molar-refractivity contribution is 6.42. The first-order valence-electron chi connectivity index (χ1n) is 12.2. The summed E-state index contributed by atoms with van der Waals surface area (Å²) in [6.45, 7) is 0. The van der Waals surface area contributed by atoms with Gasteiger partial charge in [-0.2, -0.15) is 0 Å². The van der Waals surface area contributed by atoms with Crippen molar-refractivity contribution in [3.8, 4) is 16.9 Å². The van der Waals surface area contributed by atoms with Gasteiger partial charge in [-0.3, -0.25) is 14.2 Å². The summed E-state index contributed by atoms with van der Waals surface area (Å²) in [4.78, 5) is 31.7. The van der Waals surface area contributed by atoms with Gasteiger partial charge in [-0.25, -0.2) is 9.37 Å². The maximum atomic E-state index is 13.5. The van der Waals surface area contributed by atoms with Gasteiger partial charge in [0.15, 0.2) is 17.2 Å². The van der Waals surface area contributed by atoms with Gasteiger partial charge in [0.2, 0.25) is 0 Å². The van der Waals surface area contributed by atoms with Gasteiger partial charge < -0.3 is 4.57 Å². The standard InChI is InChI=1S/C32H20FN3O2/c1-35-27(19-11-13-22(33)14-12-19)18-28-32(35)34-29(36(28)23-9-3-2-4-10-23)17-26-30(37)24-15-20-7-5-6-8-21(20)16-25(24)31(26)38/h2-18H,1H3. The lowest BCUT2D eigenvalue weighted by atomic mass is 10.0. The van der Waals surface area contributed by atoms with Gasteiger partial charge in [0, 0.05) is 23.9 Å². The number of ketones is 2. The van der Waals surface area contributed by atoms with Crippen molar-refractivity contribution in [2.45, 2.75) is 0 Å². The van der Waals surface area contributed by atoms with E-state index in [1.807, 2.05) is 76.8 Å². The highest BCUT2D eigenvalue weighted by Gasteiger charge is 2.34. The minimum absolute atomic E-state index is 0.0987. The molecule has 0 unspecified atom stereocenters. The number of allylic oxidation sites excluding steroid dienone is 1. The third kappa shape index (κ3) is 3.27. The van der Waals surface area contributed by atoms with E-state index in [9.17, 15) is 14.0 Å². The molecule has 2 heterocycles. The van der Waals surface area contributed by atoms with E-state index in [4.69, 9.17) is 4.98 Å². The molecular formula is C32H20FN3O2. The molecule has 1 aliphatic carbocycles. The lowest BCUT2D eigenvalue weighted by Crippen LogP contribution is -2.03. The number of Topliss-reactive ketones (excluding diaryl/α,β-unsaturated/α-hetero) is 2. The zero-order valence-corrected chi connectivity index (χ0v) is 20.4. The molecule has 0 saturated carbocycles. The number of rotatable bonds is 3. The van der Waals surface area contributed by atoms with E-state index in [0.717, 1.165) is 33.2 Å². The third-order valence-electron chi connectivity index (χ3n) is 7.16. The van der Waals surface area contributed by atoms with Gasteiger partial charge in [0.25, 0.3) is 0 Å². The second-order valence-electron chi connectivity index (χ2n) is 9.41. The van der Waals surface area contributed by atoms with Crippen molar-refractivity contribution >= 4 is 39.6 Å². The molecule has 6 heteroatoms. The minimum atomic E-state index is -0.298. The molecule has 0 aliphatic heterocycles. The fourth-order valence-electron chi connectivity index (χ4n) is 5.27. The Morgan fingerprint density at radius 2 is 1.37 bits per heavy atom. The van der Waals surface area contributed by atoms with Crippen molar-refractivity contribution < 1.29 is 14.0 Å². The Morgan fingerprint density at radius 3 is 2.00 bits per heavy atom.